The zero-order chi connectivity index (χ0) is 18.8. The van der Waals surface area contributed by atoms with Crippen molar-refractivity contribution in [1.82, 2.24) is 15.6 Å². The van der Waals surface area contributed by atoms with Gasteiger partial charge in [0.2, 0.25) is 0 Å². The molecule has 138 valence electrons. The number of hydrogen-bond acceptors (Lipinski definition) is 5. The molecule has 0 spiro atoms. The molecule has 1 aromatic carbocycles. The Bertz CT molecular complexity index is 972. The van der Waals surface area contributed by atoms with Gasteiger partial charge >= 0.3 is 0 Å². The third-order valence-electron chi connectivity index (χ3n) is 5.92. The molecule has 1 N–H and O–H groups in total. The number of carbonyl (C=O) groups is 1. The monoisotopic (exact) mass is 363 g/mol. The van der Waals surface area contributed by atoms with E-state index in [1.165, 1.54) is 0 Å². The number of morpholine rings is 1. The minimum Gasteiger partial charge on any atom is -0.366 e. The maximum atomic E-state index is 12.7. The first-order valence-electron chi connectivity index (χ1n) is 9.14. The highest BCUT2D eigenvalue weighted by Gasteiger charge is 2.57. The van der Waals surface area contributed by atoms with Crippen LogP contribution in [0.3, 0.4) is 0 Å². The van der Waals surface area contributed by atoms with Gasteiger partial charge in [-0.2, -0.15) is 0 Å². The van der Waals surface area contributed by atoms with Crippen LogP contribution in [0, 0.1) is 13.8 Å². The lowest BCUT2D eigenvalue weighted by Crippen LogP contribution is -2.60. The zero-order valence-corrected chi connectivity index (χ0v) is 15.5. The first-order valence-corrected chi connectivity index (χ1v) is 9.14. The van der Waals surface area contributed by atoms with E-state index < -0.39 is 5.60 Å². The van der Waals surface area contributed by atoms with E-state index >= 15 is 0 Å². The summed E-state index contributed by atoms with van der Waals surface area (Å²) in [6, 6.07) is 9.89. The van der Waals surface area contributed by atoms with E-state index in [4.69, 9.17) is 9.26 Å². The molecule has 1 aliphatic carbocycles. The molecule has 3 aliphatic rings. The first-order chi connectivity index (χ1) is 13.0. The van der Waals surface area contributed by atoms with Gasteiger partial charge in [0, 0.05) is 11.1 Å². The number of benzene rings is 1. The fourth-order valence-corrected chi connectivity index (χ4v) is 4.61. The predicted molar refractivity (Wildman–Crippen MR) is 99.3 cm³/mol. The summed E-state index contributed by atoms with van der Waals surface area (Å²) in [6.07, 6.45) is 3.88. The smallest absolute Gasteiger partial charge is 0.263 e. The summed E-state index contributed by atoms with van der Waals surface area (Å²) < 4.78 is 11.9. The van der Waals surface area contributed by atoms with Gasteiger partial charge in [0.25, 0.3) is 5.91 Å². The van der Waals surface area contributed by atoms with E-state index in [-0.39, 0.29) is 18.0 Å². The van der Waals surface area contributed by atoms with E-state index in [9.17, 15) is 4.79 Å². The van der Waals surface area contributed by atoms with Crippen molar-refractivity contribution in [2.45, 2.75) is 38.5 Å². The summed E-state index contributed by atoms with van der Waals surface area (Å²) >= 11 is 0. The van der Waals surface area contributed by atoms with Crippen LogP contribution < -0.4 is 5.43 Å². The summed E-state index contributed by atoms with van der Waals surface area (Å²) in [4.78, 5) is 12.7. The molecule has 6 heteroatoms. The molecule has 27 heavy (non-hydrogen) atoms. The number of ether oxygens (including phenoxy) is 1. The van der Waals surface area contributed by atoms with Crippen LogP contribution in [0.1, 0.15) is 35.5 Å². The molecule has 3 unspecified atom stereocenters. The number of carbonyl (C=O) groups excluding carboxylic acids is 1. The van der Waals surface area contributed by atoms with Crippen LogP contribution in [0.4, 0.5) is 0 Å². The van der Waals surface area contributed by atoms with Gasteiger partial charge in [-0.15, -0.1) is 0 Å². The highest BCUT2D eigenvalue weighted by molar-refractivity contribution is 6.00. The number of nitrogens with zero attached hydrogens (tertiary/aromatic N) is 2. The van der Waals surface area contributed by atoms with E-state index in [1.54, 1.807) is 0 Å². The number of hydrazine groups is 1. The second-order valence-corrected chi connectivity index (χ2v) is 7.50. The number of allylic oxidation sites excluding steroid dienone is 2. The average molecular weight is 363 g/mol. The Kier molecular flexibility index (Phi) is 3.44. The van der Waals surface area contributed by atoms with Crippen molar-refractivity contribution in [3.63, 3.8) is 0 Å². The summed E-state index contributed by atoms with van der Waals surface area (Å²) in [6.45, 7) is 6.37. The summed E-state index contributed by atoms with van der Waals surface area (Å²) in [5, 5.41) is 6.16. The van der Waals surface area contributed by atoms with Crippen LogP contribution in [-0.4, -0.2) is 34.3 Å². The van der Waals surface area contributed by atoms with Crippen LogP contribution in [-0.2, 0) is 9.53 Å². The van der Waals surface area contributed by atoms with Crippen LogP contribution in [0.2, 0.25) is 0 Å². The standard InChI is InChI=1S/C21H21N3O3/c1-12-18(13(2)27-23-12)16-10-9-15-19-21(16,3)26-11-17(24(19)22-20(15)25)14-7-5-4-6-8-14/h4-10,17,19H,11H2,1-3H3,(H,22,25). The Balaban J connectivity index is 1.63. The van der Waals surface area contributed by atoms with Gasteiger partial charge in [-0.1, -0.05) is 47.6 Å². The van der Waals surface area contributed by atoms with Crippen LogP contribution >= 0.6 is 0 Å². The van der Waals surface area contributed by atoms with E-state index in [0.717, 1.165) is 33.7 Å². The predicted octanol–water partition coefficient (Wildman–Crippen LogP) is 2.86. The number of nitrogens with one attached hydrogen (secondary N) is 1. The SMILES string of the molecule is Cc1noc(C)c1C1=CC=C2C(=O)NN3C(c4ccccc4)COC1(C)C23. The van der Waals surface area contributed by atoms with Crippen molar-refractivity contribution in [1.29, 1.82) is 0 Å². The van der Waals surface area contributed by atoms with Gasteiger partial charge in [-0.05, 0) is 31.9 Å². The molecule has 0 bridgehead atoms. The maximum absolute atomic E-state index is 12.7. The highest BCUT2D eigenvalue weighted by Crippen LogP contribution is 2.49. The van der Waals surface area contributed by atoms with E-state index in [2.05, 4.69) is 34.6 Å². The van der Waals surface area contributed by atoms with Crippen molar-refractivity contribution in [3.05, 3.63) is 70.6 Å². The zero-order valence-electron chi connectivity index (χ0n) is 15.5. The third kappa shape index (κ3) is 2.20. The Hall–Kier alpha value is -2.70. The molecule has 3 heterocycles. The maximum Gasteiger partial charge on any atom is 0.263 e. The molecule has 5 rings (SSSR count). The summed E-state index contributed by atoms with van der Waals surface area (Å²) in [5.74, 6) is 0.696. The Morgan fingerprint density at radius 3 is 2.70 bits per heavy atom. The molecule has 6 nitrogen and oxygen atoms in total. The van der Waals surface area contributed by atoms with E-state index in [0.29, 0.717) is 6.61 Å². The topological polar surface area (TPSA) is 67.6 Å². The minimum absolute atomic E-state index is 0.0388. The molecule has 2 aromatic rings. The molecule has 1 amide bonds. The molecule has 0 radical (unpaired) electrons. The van der Waals surface area contributed by atoms with Gasteiger partial charge in [0.15, 0.2) is 0 Å². The fraction of sp³-hybridized carbons (Fsp3) is 0.333. The van der Waals surface area contributed by atoms with Crippen LogP contribution in [0.5, 0.6) is 0 Å². The van der Waals surface area contributed by atoms with Crippen molar-refractivity contribution in [2.24, 2.45) is 0 Å². The Labute approximate surface area is 157 Å². The molecular formula is C21H21N3O3. The molecular weight excluding hydrogens is 342 g/mol. The minimum atomic E-state index is -0.671. The van der Waals surface area contributed by atoms with Crippen molar-refractivity contribution >= 4 is 11.5 Å². The molecule has 2 aliphatic heterocycles. The van der Waals surface area contributed by atoms with Crippen molar-refractivity contribution in [3.8, 4) is 0 Å². The van der Waals surface area contributed by atoms with Crippen molar-refractivity contribution in [2.75, 3.05) is 6.61 Å². The quantitative estimate of drug-likeness (QED) is 0.889. The molecule has 3 atom stereocenters. The summed E-state index contributed by atoms with van der Waals surface area (Å²) in [5.41, 5.74) is 7.04. The Morgan fingerprint density at radius 1 is 1.22 bits per heavy atom. The number of hydrogen-bond donors (Lipinski definition) is 1. The van der Waals surface area contributed by atoms with Gasteiger partial charge < -0.3 is 9.26 Å². The lowest BCUT2D eigenvalue weighted by Gasteiger charge is -2.50. The fourth-order valence-electron chi connectivity index (χ4n) is 4.61. The normalized spacial score (nSPS) is 29.8. The molecule has 1 aromatic heterocycles. The summed E-state index contributed by atoms with van der Waals surface area (Å²) in [7, 11) is 0. The lowest BCUT2D eigenvalue weighted by molar-refractivity contribution is -0.134. The average Bonchev–Trinajstić information content (AvgIpc) is 3.17. The van der Waals surface area contributed by atoms with Gasteiger partial charge in [0.1, 0.15) is 11.4 Å². The van der Waals surface area contributed by atoms with Gasteiger partial charge in [-0.3, -0.25) is 10.2 Å². The molecule has 0 saturated carbocycles. The van der Waals surface area contributed by atoms with Gasteiger partial charge in [0.05, 0.1) is 24.4 Å². The Morgan fingerprint density at radius 2 is 2.00 bits per heavy atom. The van der Waals surface area contributed by atoms with Crippen LogP contribution in [0.15, 0.2) is 52.6 Å². The molecule has 2 fully saturated rings. The first kappa shape index (κ1) is 16.5. The lowest BCUT2D eigenvalue weighted by atomic mass is 9.75. The number of amides is 1. The third-order valence-corrected chi connectivity index (χ3v) is 5.92. The number of aryl methyl sites for hydroxylation is 2. The number of rotatable bonds is 2. The second kappa shape index (κ2) is 5.65. The number of aromatic nitrogens is 1. The largest absolute Gasteiger partial charge is 0.366 e. The highest BCUT2D eigenvalue weighted by atomic mass is 16.5. The molecule has 2 saturated heterocycles. The second-order valence-electron chi connectivity index (χ2n) is 7.50. The van der Waals surface area contributed by atoms with E-state index in [1.807, 2.05) is 44.2 Å². The van der Waals surface area contributed by atoms with Gasteiger partial charge in [-0.25, -0.2) is 5.01 Å². The van der Waals surface area contributed by atoms with Crippen molar-refractivity contribution < 1.29 is 14.1 Å². The van der Waals surface area contributed by atoms with Crippen LogP contribution in [0.25, 0.3) is 5.57 Å².